The summed E-state index contributed by atoms with van der Waals surface area (Å²) >= 11 is 1.73. The molecule has 1 aromatic carbocycles. The lowest BCUT2D eigenvalue weighted by Crippen LogP contribution is -2.14. The van der Waals surface area contributed by atoms with Crippen LogP contribution >= 0.6 is 11.3 Å². The molecule has 0 radical (unpaired) electrons. The van der Waals surface area contributed by atoms with Crippen LogP contribution < -0.4 is 11.1 Å². The van der Waals surface area contributed by atoms with Gasteiger partial charge in [-0.2, -0.15) is 11.3 Å². The van der Waals surface area contributed by atoms with Crippen molar-refractivity contribution in [2.45, 2.75) is 20.0 Å². The molecule has 2 aromatic rings. The van der Waals surface area contributed by atoms with Gasteiger partial charge in [-0.05, 0) is 34.4 Å². The van der Waals surface area contributed by atoms with Crippen molar-refractivity contribution >= 4 is 17.2 Å². The maximum Gasteiger partial charge on any atom is 0.170 e. The zero-order chi connectivity index (χ0) is 13.7. The SMILES string of the molecule is Cc1cscc1CNCc1ccc(C(N)=NO)cc1. The maximum atomic E-state index is 8.58. The van der Waals surface area contributed by atoms with Gasteiger partial charge in [0.1, 0.15) is 0 Å². The highest BCUT2D eigenvalue weighted by molar-refractivity contribution is 7.08. The Bertz CT molecular complexity index is 560. The van der Waals surface area contributed by atoms with Gasteiger partial charge in [-0.1, -0.05) is 29.4 Å². The number of amidine groups is 1. The first kappa shape index (κ1) is 13.6. The Balaban J connectivity index is 1.88. The second-order valence-corrected chi connectivity index (χ2v) is 5.11. The second kappa shape index (κ2) is 6.36. The van der Waals surface area contributed by atoms with Crippen molar-refractivity contribution in [3.05, 3.63) is 57.3 Å². The van der Waals surface area contributed by atoms with Crippen LogP contribution in [0.1, 0.15) is 22.3 Å². The van der Waals surface area contributed by atoms with E-state index in [4.69, 9.17) is 10.9 Å². The summed E-state index contributed by atoms with van der Waals surface area (Å²) in [6.45, 7) is 3.79. The molecule has 0 saturated heterocycles. The summed E-state index contributed by atoms with van der Waals surface area (Å²) in [6.07, 6.45) is 0. The summed E-state index contributed by atoms with van der Waals surface area (Å²) < 4.78 is 0. The molecular formula is C14H17N3OS. The van der Waals surface area contributed by atoms with E-state index >= 15 is 0 Å². The molecule has 4 nitrogen and oxygen atoms in total. The molecule has 1 aromatic heterocycles. The molecule has 0 atom stereocenters. The average Bonchev–Trinajstić information content (AvgIpc) is 2.84. The first-order chi connectivity index (χ1) is 9.20. The van der Waals surface area contributed by atoms with E-state index < -0.39 is 0 Å². The van der Waals surface area contributed by atoms with E-state index in [0.29, 0.717) is 0 Å². The maximum absolute atomic E-state index is 8.58. The van der Waals surface area contributed by atoms with Gasteiger partial charge in [-0.3, -0.25) is 0 Å². The van der Waals surface area contributed by atoms with Crippen LogP contribution in [0.15, 0.2) is 40.2 Å². The number of thiophene rings is 1. The molecule has 0 amide bonds. The third kappa shape index (κ3) is 3.56. The lowest BCUT2D eigenvalue weighted by Gasteiger charge is -2.06. The van der Waals surface area contributed by atoms with Gasteiger partial charge >= 0.3 is 0 Å². The van der Waals surface area contributed by atoms with Crippen molar-refractivity contribution in [2.24, 2.45) is 10.9 Å². The van der Waals surface area contributed by atoms with E-state index in [1.54, 1.807) is 11.3 Å². The minimum absolute atomic E-state index is 0.133. The molecule has 2 rings (SSSR count). The molecule has 5 heteroatoms. The summed E-state index contributed by atoms with van der Waals surface area (Å²) in [7, 11) is 0. The van der Waals surface area contributed by atoms with E-state index in [9.17, 15) is 0 Å². The molecule has 0 saturated carbocycles. The standard InChI is InChI=1S/C14H17N3OS/c1-10-8-19-9-13(10)7-16-6-11-2-4-12(5-3-11)14(15)17-18/h2-5,8-9,16,18H,6-7H2,1H3,(H2,15,17). The minimum Gasteiger partial charge on any atom is -0.409 e. The smallest absolute Gasteiger partial charge is 0.170 e. The van der Waals surface area contributed by atoms with Gasteiger partial charge < -0.3 is 16.3 Å². The molecule has 0 aliphatic rings. The number of benzene rings is 1. The van der Waals surface area contributed by atoms with Gasteiger partial charge in [0.2, 0.25) is 0 Å². The number of hydrogen-bond acceptors (Lipinski definition) is 4. The van der Waals surface area contributed by atoms with E-state index in [1.165, 1.54) is 16.7 Å². The normalized spacial score (nSPS) is 11.7. The average molecular weight is 275 g/mol. The molecule has 4 N–H and O–H groups in total. The molecule has 0 unspecified atom stereocenters. The Kier molecular flexibility index (Phi) is 4.54. The number of aryl methyl sites for hydroxylation is 1. The molecule has 0 bridgehead atoms. The Hall–Kier alpha value is -1.85. The molecule has 0 aliphatic carbocycles. The van der Waals surface area contributed by atoms with Gasteiger partial charge in [0.05, 0.1) is 0 Å². The van der Waals surface area contributed by atoms with Gasteiger partial charge in [0.25, 0.3) is 0 Å². The van der Waals surface area contributed by atoms with Crippen LogP contribution in [0.3, 0.4) is 0 Å². The van der Waals surface area contributed by atoms with Crippen LogP contribution in [0, 0.1) is 6.92 Å². The fourth-order valence-electron chi connectivity index (χ4n) is 1.76. The first-order valence-corrected chi connectivity index (χ1v) is 6.94. The monoisotopic (exact) mass is 275 g/mol. The van der Waals surface area contributed by atoms with Gasteiger partial charge in [-0.25, -0.2) is 0 Å². The van der Waals surface area contributed by atoms with E-state index in [1.807, 2.05) is 24.3 Å². The van der Waals surface area contributed by atoms with Crippen molar-refractivity contribution in [1.82, 2.24) is 5.32 Å². The van der Waals surface area contributed by atoms with Crippen LogP contribution in [-0.2, 0) is 13.1 Å². The Morgan fingerprint density at radius 1 is 1.26 bits per heavy atom. The molecule has 0 spiro atoms. The number of nitrogens with one attached hydrogen (secondary N) is 1. The third-order valence-electron chi connectivity index (χ3n) is 2.96. The number of rotatable bonds is 5. The highest BCUT2D eigenvalue weighted by Gasteiger charge is 2.01. The zero-order valence-corrected chi connectivity index (χ0v) is 11.6. The quantitative estimate of drug-likeness (QED) is 0.340. The van der Waals surface area contributed by atoms with Gasteiger partial charge in [-0.15, -0.1) is 0 Å². The van der Waals surface area contributed by atoms with Crippen molar-refractivity contribution in [3.63, 3.8) is 0 Å². The minimum atomic E-state index is 0.133. The molecule has 0 aliphatic heterocycles. The van der Waals surface area contributed by atoms with Crippen molar-refractivity contribution < 1.29 is 5.21 Å². The highest BCUT2D eigenvalue weighted by atomic mass is 32.1. The van der Waals surface area contributed by atoms with Crippen molar-refractivity contribution in [2.75, 3.05) is 0 Å². The molecule has 19 heavy (non-hydrogen) atoms. The zero-order valence-electron chi connectivity index (χ0n) is 10.8. The van der Waals surface area contributed by atoms with Crippen LogP contribution in [0.25, 0.3) is 0 Å². The number of hydrogen-bond donors (Lipinski definition) is 3. The molecule has 100 valence electrons. The van der Waals surface area contributed by atoms with Crippen LogP contribution in [0.4, 0.5) is 0 Å². The lowest BCUT2D eigenvalue weighted by atomic mass is 10.1. The predicted octanol–water partition coefficient (Wildman–Crippen LogP) is 2.44. The summed E-state index contributed by atoms with van der Waals surface area (Å²) in [5.41, 5.74) is 10.1. The fourth-order valence-corrected chi connectivity index (χ4v) is 2.62. The first-order valence-electron chi connectivity index (χ1n) is 6.00. The van der Waals surface area contributed by atoms with Crippen LogP contribution in [-0.4, -0.2) is 11.0 Å². The van der Waals surface area contributed by atoms with E-state index in [2.05, 4.69) is 28.2 Å². The topological polar surface area (TPSA) is 70.6 Å². The Labute approximate surface area is 116 Å². The largest absolute Gasteiger partial charge is 0.409 e. The van der Waals surface area contributed by atoms with E-state index in [-0.39, 0.29) is 5.84 Å². The Morgan fingerprint density at radius 3 is 2.58 bits per heavy atom. The predicted molar refractivity (Wildman–Crippen MR) is 78.6 cm³/mol. The van der Waals surface area contributed by atoms with E-state index in [0.717, 1.165) is 18.7 Å². The fraction of sp³-hybridized carbons (Fsp3) is 0.214. The summed E-state index contributed by atoms with van der Waals surface area (Å²) in [4.78, 5) is 0. The third-order valence-corrected chi connectivity index (χ3v) is 3.87. The second-order valence-electron chi connectivity index (χ2n) is 4.37. The van der Waals surface area contributed by atoms with Crippen molar-refractivity contribution in [1.29, 1.82) is 0 Å². The number of oxime groups is 1. The number of nitrogens with two attached hydrogens (primary N) is 1. The molecule has 0 fully saturated rings. The Morgan fingerprint density at radius 2 is 2.00 bits per heavy atom. The van der Waals surface area contributed by atoms with Gasteiger partial charge in [0, 0.05) is 18.7 Å². The summed E-state index contributed by atoms with van der Waals surface area (Å²) in [5, 5.41) is 19.3. The lowest BCUT2D eigenvalue weighted by molar-refractivity contribution is 0.318. The summed E-state index contributed by atoms with van der Waals surface area (Å²) in [6, 6.07) is 7.64. The summed E-state index contributed by atoms with van der Waals surface area (Å²) in [5.74, 6) is 0.133. The molecular weight excluding hydrogens is 258 g/mol. The highest BCUT2D eigenvalue weighted by Crippen LogP contribution is 2.13. The van der Waals surface area contributed by atoms with Crippen LogP contribution in [0.2, 0.25) is 0 Å². The van der Waals surface area contributed by atoms with Crippen molar-refractivity contribution in [3.8, 4) is 0 Å². The molecule has 1 heterocycles. The van der Waals surface area contributed by atoms with Crippen LogP contribution in [0.5, 0.6) is 0 Å². The van der Waals surface area contributed by atoms with Gasteiger partial charge in [0.15, 0.2) is 5.84 Å². The number of nitrogens with zero attached hydrogens (tertiary/aromatic N) is 1.